The number of nitrogens with zero attached hydrogens (tertiary/aromatic N) is 3. The van der Waals surface area contributed by atoms with Gasteiger partial charge in [-0.25, -0.2) is 4.68 Å². The van der Waals surface area contributed by atoms with Gasteiger partial charge in [0.25, 0.3) is 5.91 Å². The van der Waals surface area contributed by atoms with Crippen molar-refractivity contribution in [1.29, 1.82) is 5.26 Å². The van der Waals surface area contributed by atoms with Crippen molar-refractivity contribution in [3.63, 3.8) is 0 Å². The number of carbonyl (C=O) groups excluding carboxylic acids is 1. The smallest absolute Gasteiger partial charge is 0.266 e. The summed E-state index contributed by atoms with van der Waals surface area (Å²) in [7, 11) is 0. The van der Waals surface area contributed by atoms with Crippen molar-refractivity contribution in [3.05, 3.63) is 120 Å². The predicted octanol–water partition coefficient (Wildman–Crippen LogP) is 6.24. The van der Waals surface area contributed by atoms with Crippen LogP contribution in [-0.2, 0) is 4.79 Å². The van der Waals surface area contributed by atoms with Gasteiger partial charge in [-0.15, -0.1) is 0 Å². The average molecular weight is 441 g/mol. The molecule has 1 heterocycles. The fourth-order valence-corrected chi connectivity index (χ4v) is 3.85. The number of aromatic nitrogens is 2. The highest BCUT2D eigenvalue weighted by molar-refractivity contribution is 6.13. The van der Waals surface area contributed by atoms with Gasteiger partial charge in [-0.1, -0.05) is 84.9 Å². The molecule has 5 rings (SSSR count). The van der Waals surface area contributed by atoms with E-state index >= 15 is 0 Å². The zero-order chi connectivity index (χ0) is 23.3. The Hall–Kier alpha value is -4.95. The van der Waals surface area contributed by atoms with E-state index in [4.69, 9.17) is 5.10 Å². The first-order chi connectivity index (χ1) is 16.7. The third-order valence-electron chi connectivity index (χ3n) is 5.51. The van der Waals surface area contributed by atoms with Crippen LogP contribution in [0.1, 0.15) is 5.56 Å². The van der Waals surface area contributed by atoms with E-state index < -0.39 is 5.91 Å². The van der Waals surface area contributed by atoms with Crippen LogP contribution in [0, 0.1) is 11.3 Å². The summed E-state index contributed by atoms with van der Waals surface area (Å²) < 4.78 is 1.76. The van der Waals surface area contributed by atoms with Gasteiger partial charge < -0.3 is 5.32 Å². The number of fused-ring (bicyclic) bond motifs is 1. The molecule has 5 nitrogen and oxygen atoms in total. The maximum absolute atomic E-state index is 13.1. The summed E-state index contributed by atoms with van der Waals surface area (Å²) in [6, 6.07) is 35.0. The highest BCUT2D eigenvalue weighted by Gasteiger charge is 2.16. The minimum atomic E-state index is -0.467. The zero-order valence-corrected chi connectivity index (χ0v) is 18.2. The number of hydrogen-bond donors (Lipinski definition) is 1. The van der Waals surface area contributed by atoms with Crippen LogP contribution in [0.2, 0.25) is 0 Å². The molecule has 1 N–H and O–H groups in total. The number of amides is 1. The number of hydrogen-bond acceptors (Lipinski definition) is 3. The van der Waals surface area contributed by atoms with Crippen molar-refractivity contribution in [3.8, 4) is 23.0 Å². The molecule has 34 heavy (non-hydrogen) atoms. The van der Waals surface area contributed by atoms with Crippen molar-refractivity contribution >= 4 is 28.4 Å². The van der Waals surface area contributed by atoms with Crippen LogP contribution < -0.4 is 5.32 Å². The van der Waals surface area contributed by atoms with E-state index in [1.54, 1.807) is 10.8 Å². The van der Waals surface area contributed by atoms with Gasteiger partial charge in [0.15, 0.2) is 0 Å². The summed E-state index contributed by atoms with van der Waals surface area (Å²) in [4.78, 5) is 13.1. The number of carbonyl (C=O) groups is 1. The summed E-state index contributed by atoms with van der Waals surface area (Å²) >= 11 is 0. The lowest BCUT2D eigenvalue weighted by Crippen LogP contribution is -2.13. The molecule has 1 aromatic heterocycles. The first kappa shape index (κ1) is 20.9. The number of para-hydroxylation sites is 1. The number of benzene rings is 4. The Morgan fingerprint density at radius 3 is 2.29 bits per heavy atom. The summed E-state index contributed by atoms with van der Waals surface area (Å²) in [5, 5.41) is 19.4. The minimum absolute atomic E-state index is 0.00210. The molecule has 5 heteroatoms. The van der Waals surface area contributed by atoms with Gasteiger partial charge in [0, 0.05) is 28.4 Å². The van der Waals surface area contributed by atoms with E-state index in [-0.39, 0.29) is 5.57 Å². The molecule has 1 amide bonds. The second kappa shape index (κ2) is 9.27. The molecule has 0 aliphatic rings. The lowest BCUT2D eigenvalue weighted by molar-refractivity contribution is -0.112. The summed E-state index contributed by atoms with van der Waals surface area (Å²) in [6.07, 6.45) is 3.43. The van der Waals surface area contributed by atoms with E-state index in [1.807, 2.05) is 109 Å². The van der Waals surface area contributed by atoms with Crippen LogP contribution in [0.3, 0.4) is 0 Å². The number of anilines is 1. The Morgan fingerprint density at radius 1 is 0.853 bits per heavy atom. The number of nitriles is 1. The van der Waals surface area contributed by atoms with Crippen LogP contribution in [0.15, 0.2) is 115 Å². The van der Waals surface area contributed by atoms with Gasteiger partial charge in [-0.2, -0.15) is 10.4 Å². The molecule has 0 aliphatic carbocycles. The van der Waals surface area contributed by atoms with Crippen LogP contribution >= 0.6 is 0 Å². The van der Waals surface area contributed by atoms with E-state index in [0.29, 0.717) is 16.9 Å². The standard InChI is InChI=1S/C29H20N4O/c30-19-23(29(34)31-27-17-9-13-21-10-7-8-16-26(21)27)18-24-20-33(25-14-5-2-6-15-25)32-28(24)22-11-3-1-4-12-22/h1-18,20H,(H,31,34). The maximum atomic E-state index is 13.1. The predicted molar refractivity (Wildman–Crippen MR) is 135 cm³/mol. The summed E-state index contributed by atoms with van der Waals surface area (Å²) in [6.45, 7) is 0. The SMILES string of the molecule is N#CC(=Cc1cn(-c2ccccc2)nc1-c1ccccc1)C(=O)Nc1cccc2ccccc12. The summed E-state index contributed by atoms with van der Waals surface area (Å²) in [5.41, 5.74) is 3.81. The van der Waals surface area contributed by atoms with E-state index in [2.05, 4.69) is 11.4 Å². The fraction of sp³-hybridized carbons (Fsp3) is 0. The largest absolute Gasteiger partial charge is 0.321 e. The second-order valence-corrected chi connectivity index (χ2v) is 7.73. The molecule has 0 aliphatic heterocycles. The van der Waals surface area contributed by atoms with Gasteiger partial charge in [0.05, 0.1) is 11.4 Å². The van der Waals surface area contributed by atoms with Gasteiger partial charge in [-0.3, -0.25) is 4.79 Å². The topological polar surface area (TPSA) is 70.7 Å². The molecule has 0 bridgehead atoms. The molecule has 5 aromatic rings. The fourth-order valence-electron chi connectivity index (χ4n) is 3.85. The van der Waals surface area contributed by atoms with Crippen molar-refractivity contribution in [1.82, 2.24) is 9.78 Å². The van der Waals surface area contributed by atoms with E-state index in [9.17, 15) is 10.1 Å². The maximum Gasteiger partial charge on any atom is 0.266 e. The molecule has 0 radical (unpaired) electrons. The van der Waals surface area contributed by atoms with Crippen LogP contribution in [0.25, 0.3) is 33.8 Å². The van der Waals surface area contributed by atoms with Crippen LogP contribution in [-0.4, -0.2) is 15.7 Å². The Labute approximate surface area is 197 Å². The molecule has 0 saturated carbocycles. The number of nitrogens with one attached hydrogen (secondary N) is 1. The monoisotopic (exact) mass is 440 g/mol. The molecule has 0 atom stereocenters. The molecular formula is C29H20N4O. The zero-order valence-electron chi connectivity index (χ0n) is 18.2. The van der Waals surface area contributed by atoms with Crippen molar-refractivity contribution in [2.24, 2.45) is 0 Å². The van der Waals surface area contributed by atoms with E-state index in [0.717, 1.165) is 22.0 Å². The van der Waals surface area contributed by atoms with Crippen molar-refractivity contribution < 1.29 is 4.79 Å². The Bertz CT molecular complexity index is 1540. The van der Waals surface area contributed by atoms with Gasteiger partial charge in [0.1, 0.15) is 11.6 Å². The lowest BCUT2D eigenvalue weighted by Gasteiger charge is -2.08. The first-order valence-electron chi connectivity index (χ1n) is 10.8. The minimum Gasteiger partial charge on any atom is -0.321 e. The van der Waals surface area contributed by atoms with Gasteiger partial charge in [0.2, 0.25) is 0 Å². The third-order valence-corrected chi connectivity index (χ3v) is 5.51. The molecule has 4 aromatic carbocycles. The van der Waals surface area contributed by atoms with Gasteiger partial charge in [-0.05, 0) is 29.7 Å². The highest BCUT2D eigenvalue weighted by atomic mass is 16.1. The summed E-state index contributed by atoms with van der Waals surface area (Å²) in [5.74, 6) is -0.467. The van der Waals surface area contributed by atoms with Crippen LogP contribution in [0.4, 0.5) is 5.69 Å². The molecular weight excluding hydrogens is 420 g/mol. The molecule has 0 unspecified atom stereocenters. The Balaban J connectivity index is 1.54. The Kier molecular flexibility index (Phi) is 5.71. The van der Waals surface area contributed by atoms with Crippen LogP contribution in [0.5, 0.6) is 0 Å². The molecule has 0 fully saturated rings. The Morgan fingerprint density at radius 2 is 1.53 bits per heavy atom. The first-order valence-corrected chi connectivity index (χ1v) is 10.8. The molecule has 0 saturated heterocycles. The number of rotatable bonds is 5. The van der Waals surface area contributed by atoms with E-state index in [1.165, 1.54) is 0 Å². The molecule has 162 valence electrons. The molecule has 0 spiro atoms. The normalized spacial score (nSPS) is 11.2. The third kappa shape index (κ3) is 4.21. The second-order valence-electron chi connectivity index (χ2n) is 7.73. The quantitative estimate of drug-likeness (QED) is 0.260. The highest BCUT2D eigenvalue weighted by Crippen LogP contribution is 2.27. The lowest BCUT2D eigenvalue weighted by atomic mass is 10.1. The van der Waals surface area contributed by atoms with Crippen molar-refractivity contribution in [2.75, 3.05) is 5.32 Å². The van der Waals surface area contributed by atoms with Crippen molar-refractivity contribution in [2.45, 2.75) is 0 Å². The average Bonchev–Trinajstić information content (AvgIpc) is 3.32. The van der Waals surface area contributed by atoms with Gasteiger partial charge >= 0.3 is 0 Å².